The lowest BCUT2D eigenvalue weighted by Crippen LogP contribution is -2.14. The van der Waals surface area contributed by atoms with E-state index in [-0.39, 0.29) is 0 Å². The maximum absolute atomic E-state index is 6.39. The van der Waals surface area contributed by atoms with Gasteiger partial charge in [-0.2, -0.15) is 0 Å². The van der Waals surface area contributed by atoms with E-state index in [1.165, 1.54) is 11.1 Å². The summed E-state index contributed by atoms with van der Waals surface area (Å²) < 4.78 is 0. The maximum Gasteiger partial charge on any atom is 0.0645 e. The number of nitrogens with two attached hydrogens (primary N) is 1. The number of anilines is 2. The predicted molar refractivity (Wildman–Crippen MR) is 88.1 cm³/mol. The Hall–Kier alpha value is -1.51. The fourth-order valence-electron chi connectivity index (χ4n) is 2.38. The van der Waals surface area contributed by atoms with Crippen molar-refractivity contribution in [2.45, 2.75) is 19.8 Å². The minimum absolute atomic E-state index is 0.621. The Morgan fingerprint density at radius 3 is 2.40 bits per heavy atom. The molecule has 2 nitrogen and oxygen atoms in total. The minimum atomic E-state index is 0.621. The molecule has 20 heavy (non-hydrogen) atoms. The molecule has 0 saturated carbocycles. The Morgan fingerprint density at radius 2 is 1.80 bits per heavy atom. The lowest BCUT2D eigenvalue weighted by atomic mass is 10.1. The van der Waals surface area contributed by atoms with Crippen LogP contribution in [0.1, 0.15) is 18.1 Å². The van der Waals surface area contributed by atoms with Gasteiger partial charge in [0.05, 0.1) is 10.7 Å². The van der Waals surface area contributed by atoms with Crippen LogP contribution in [0.15, 0.2) is 42.5 Å². The molecule has 0 saturated heterocycles. The Balaban J connectivity index is 2.38. The third kappa shape index (κ3) is 3.14. The van der Waals surface area contributed by atoms with Crippen LogP contribution in [0.3, 0.4) is 0 Å². The van der Waals surface area contributed by atoms with Crippen LogP contribution in [-0.4, -0.2) is 13.6 Å². The summed E-state index contributed by atoms with van der Waals surface area (Å²) >= 11 is 6.39. The van der Waals surface area contributed by atoms with Gasteiger partial charge in [0, 0.05) is 12.7 Å². The molecule has 2 rings (SSSR count). The standard InChI is InChI=1S/C17H21ClN2/c1-3-13-7-9-15(10-8-13)20(2)17-14(11-12-19)5-4-6-16(17)18/h4-10H,3,11-12,19H2,1-2H3. The van der Waals surface area contributed by atoms with Gasteiger partial charge in [-0.25, -0.2) is 0 Å². The van der Waals surface area contributed by atoms with Crippen molar-refractivity contribution in [1.29, 1.82) is 0 Å². The van der Waals surface area contributed by atoms with Gasteiger partial charge in [-0.15, -0.1) is 0 Å². The molecule has 0 aliphatic rings. The summed E-state index contributed by atoms with van der Waals surface area (Å²) in [6, 6.07) is 14.6. The lowest BCUT2D eigenvalue weighted by Gasteiger charge is -2.24. The third-order valence-electron chi connectivity index (χ3n) is 3.55. The fourth-order valence-corrected chi connectivity index (χ4v) is 2.70. The first kappa shape index (κ1) is 14.9. The van der Waals surface area contributed by atoms with Gasteiger partial charge in [-0.1, -0.05) is 42.8 Å². The molecule has 0 spiro atoms. The molecule has 3 heteroatoms. The number of aryl methyl sites for hydroxylation is 1. The Kier molecular flexibility index (Phi) is 5.05. The van der Waals surface area contributed by atoms with Crippen molar-refractivity contribution in [2.24, 2.45) is 5.73 Å². The average Bonchev–Trinajstić information content (AvgIpc) is 2.47. The van der Waals surface area contributed by atoms with E-state index in [1.807, 2.05) is 19.2 Å². The van der Waals surface area contributed by atoms with E-state index in [4.69, 9.17) is 17.3 Å². The molecule has 0 unspecified atom stereocenters. The molecule has 106 valence electrons. The number of rotatable bonds is 5. The Labute approximate surface area is 126 Å². The molecule has 0 radical (unpaired) electrons. The van der Waals surface area contributed by atoms with E-state index in [1.54, 1.807) is 0 Å². The van der Waals surface area contributed by atoms with Gasteiger partial charge in [0.15, 0.2) is 0 Å². The SMILES string of the molecule is CCc1ccc(N(C)c2c(Cl)cccc2CCN)cc1. The monoisotopic (exact) mass is 288 g/mol. The van der Waals surface area contributed by atoms with Gasteiger partial charge in [0.25, 0.3) is 0 Å². The first-order valence-corrected chi connectivity index (χ1v) is 7.35. The fraction of sp³-hybridized carbons (Fsp3) is 0.294. The van der Waals surface area contributed by atoms with Crippen LogP contribution in [0.2, 0.25) is 5.02 Å². The second-order valence-electron chi connectivity index (χ2n) is 4.87. The molecule has 0 amide bonds. The van der Waals surface area contributed by atoms with Gasteiger partial charge < -0.3 is 10.6 Å². The predicted octanol–water partition coefficient (Wildman–Crippen LogP) is 4.17. The van der Waals surface area contributed by atoms with E-state index in [0.29, 0.717) is 6.54 Å². The van der Waals surface area contributed by atoms with Crippen LogP contribution >= 0.6 is 11.6 Å². The number of nitrogens with zero attached hydrogens (tertiary/aromatic N) is 1. The number of halogens is 1. The van der Waals surface area contributed by atoms with Gasteiger partial charge in [0.2, 0.25) is 0 Å². The number of para-hydroxylation sites is 1. The number of hydrogen-bond donors (Lipinski definition) is 1. The molecule has 2 aromatic rings. The number of hydrogen-bond acceptors (Lipinski definition) is 2. The molecule has 0 aliphatic carbocycles. The zero-order valence-electron chi connectivity index (χ0n) is 12.1. The highest BCUT2D eigenvalue weighted by molar-refractivity contribution is 6.33. The molecule has 0 bridgehead atoms. The van der Waals surface area contributed by atoms with E-state index < -0.39 is 0 Å². The molecule has 2 aromatic carbocycles. The van der Waals surface area contributed by atoms with Crippen molar-refractivity contribution in [3.63, 3.8) is 0 Å². The van der Waals surface area contributed by atoms with Crippen LogP contribution in [-0.2, 0) is 12.8 Å². The van der Waals surface area contributed by atoms with Crippen molar-refractivity contribution < 1.29 is 0 Å². The topological polar surface area (TPSA) is 29.3 Å². The summed E-state index contributed by atoms with van der Waals surface area (Å²) in [5, 5.41) is 0.762. The minimum Gasteiger partial charge on any atom is -0.343 e. The molecule has 0 heterocycles. The Bertz CT molecular complexity index is 564. The van der Waals surface area contributed by atoms with Crippen LogP contribution in [0, 0.1) is 0 Å². The highest BCUT2D eigenvalue weighted by Gasteiger charge is 2.12. The molecular formula is C17H21ClN2. The first-order valence-electron chi connectivity index (χ1n) is 6.97. The molecule has 2 N–H and O–H groups in total. The van der Waals surface area contributed by atoms with Crippen molar-refractivity contribution in [3.8, 4) is 0 Å². The quantitative estimate of drug-likeness (QED) is 0.895. The summed E-state index contributed by atoms with van der Waals surface area (Å²) in [7, 11) is 2.04. The van der Waals surface area contributed by atoms with E-state index in [2.05, 4.69) is 42.2 Å². The van der Waals surface area contributed by atoms with E-state index in [0.717, 1.165) is 29.2 Å². The highest BCUT2D eigenvalue weighted by atomic mass is 35.5. The van der Waals surface area contributed by atoms with Crippen molar-refractivity contribution >= 4 is 23.0 Å². The Morgan fingerprint density at radius 1 is 1.10 bits per heavy atom. The van der Waals surface area contributed by atoms with E-state index in [9.17, 15) is 0 Å². The van der Waals surface area contributed by atoms with Crippen LogP contribution in [0.4, 0.5) is 11.4 Å². The normalized spacial score (nSPS) is 10.6. The second kappa shape index (κ2) is 6.78. The van der Waals surface area contributed by atoms with Crippen LogP contribution in [0.25, 0.3) is 0 Å². The summed E-state index contributed by atoms with van der Waals surface area (Å²) in [5.41, 5.74) is 10.4. The summed E-state index contributed by atoms with van der Waals surface area (Å²) in [6.07, 6.45) is 1.88. The van der Waals surface area contributed by atoms with Gasteiger partial charge in [-0.3, -0.25) is 0 Å². The summed E-state index contributed by atoms with van der Waals surface area (Å²) in [5.74, 6) is 0. The summed E-state index contributed by atoms with van der Waals surface area (Å²) in [4.78, 5) is 2.13. The van der Waals surface area contributed by atoms with Crippen molar-refractivity contribution in [2.75, 3.05) is 18.5 Å². The maximum atomic E-state index is 6.39. The van der Waals surface area contributed by atoms with Crippen LogP contribution in [0.5, 0.6) is 0 Å². The van der Waals surface area contributed by atoms with Crippen molar-refractivity contribution in [1.82, 2.24) is 0 Å². The lowest BCUT2D eigenvalue weighted by molar-refractivity contribution is 0.961. The smallest absolute Gasteiger partial charge is 0.0645 e. The average molecular weight is 289 g/mol. The van der Waals surface area contributed by atoms with Gasteiger partial charge in [-0.05, 0) is 48.7 Å². The van der Waals surface area contributed by atoms with E-state index >= 15 is 0 Å². The van der Waals surface area contributed by atoms with Crippen LogP contribution < -0.4 is 10.6 Å². The summed E-state index contributed by atoms with van der Waals surface area (Å²) in [6.45, 7) is 2.78. The molecule has 0 aliphatic heterocycles. The highest BCUT2D eigenvalue weighted by Crippen LogP contribution is 2.34. The third-order valence-corrected chi connectivity index (χ3v) is 3.86. The zero-order chi connectivity index (χ0) is 14.5. The first-order chi connectivity index (χ1) is 9.67. The largest absolute Gasteiger partial charge is 0.343 e. The number of benzene rings is 2. The molecule has 0 fully saturated rings. The zero-order valence-corrected chi connectivity index (χ0v) is 12.8. The van der Waals surface area contributed by atoms with Crippen molar-refractivity contribution in [3.05, 3.63) is 58.6 Å². The molecule has 0 aromatic heterocycles. The van der Waals surface area contributed by atoms with Gasteiger partial charge in [0.1, 0.15) is 0 Å². The second-order valence-corrected chi connectivity index (χ2v) is 5.27. The molecule has 0 atom stereocenters. The van der Waals surface area contributed by atoms with Gasteiger partial charge >= 0.3 is 0 Å². The molecular weight excluding hydrogens is 268 g/mol.